The first-order valence-corrected chi connectivity index (χ1v) is 16.2. The van der Waals surface area contributed by atoms with Crippen LogP contribution in [0.15, 0.2) is 109 Å². The number of carbonyl (C=O) groups excluding carboxylic acids is 1. The number of pyridine rings is 1. The molecular formula is C37H38ClF2N5O6. The molecule has 0 saturated heterocycles. The van der Waals surface area contributed by atoms with Gasteiger partial charge in [-0.1, -0.05) is 74.0 Å². The van der Waals surface area contributed by atoms with Gasteiger partial charge in [-0.05, 0) is 66.4 Å². The number of alkyl halides is 2. The summed E-state index contributed by atoms with van der Waals surface area (Å²) >= 11 is 5.70. The van der Waals surface area contributed by atoms with Gasteiger partial charge in [-0.3, -0.25) is 14.9 Å². The van der Waals surface area contributed by atoms with Crippen LogP contribution >= 0.6 is 11.6 Å². The van der Waals surface area contributed by atoms with Crippen LogP contribution in [0.3, 0.4) is 0 Å². The topological polar surface area (TPSA) is 140 Å². The molecule has 4 rings (SSSR count). The minimum Gasteiger partial charge on any atom is -0.457 e. The molecule has 51 heavy (non-hydrogen) atoms. The van der Waals surface area contributed by atoms with E-state index in [0.717, 1.165) is 11.8 Å². The molecule has 0 aliphatic heterocycles. The summed E-state index contributed by atoms with van der Waals surface area (Å²) in [5, 5.41) is 23.4. The third-order valence-corrected chi connectivity index (χ3v) is 7.47. The Morgan fingerprint density at radius 2 is 1.71 bits per heavy atom. The van der Waals surface area contributed by atoms with Crippen molar-refractivity contribution < 1.29 is 32.7 Å². The molecule has 1 heterocycles. The monoisotopic (exact) mass is 721 g/mol. The Morgan fingerprint density at radius 3 is 2.25 bits per heavy atom. The summed E-state index contributed by atoms with van der Waals surface area (Å²) in [5.41, 5.74) is 1.99. The molecule has 0 bridgehead atoms. The number of aromatic nitrogens is 1. The molecule has 0 amide bonds. The van der Waals surface area contributed by atoms with Gasteiger partial charge in [-0.15, -0.1) is 0 Å². The molecular weight excluding hydrogens is 684 g/mol. The van der Waals surface area contributed by atoms with Crippen molar-refractivity contribution in [2.45, 2.75) is 45.9 Å². The molecule has 14 heteroatoms. The summed E-state index contributed by atoms with van der Waals surface area (Å²) in [5.74, 6) is 0.154. The van der Waals surface area contributed by atoms with Crippen molar-refractivity contribution in [3.05, 3.63) is 141 Å². The second-order valence-corrected chi connectivity index (χ2v) is 11.5. The lowest BCUT2D eigenvalue weighted by molar-refractivity contribution is -0.404. The van der Waals surface area contributed by atoms with Gasteiger partial charge in [0.1, 0.15) is 28.5 Å². The first kappa shape index (κ1) is 39.7. The highest BCUT2D eigenvalue weighted by molar-refractivity contribution is 6.29. The van der Waals surface area contributed by atoms with Gasteiger partial charge in [-0.25, -0.2) is 4.98 Å². The van der Waals surface area contributed by atoms with E-state index >= 15 is 0 Å². The van der Waals surface area contributed by atoms with Crippen molar-refractivity contribution in [1.82, 2.24) is 15.2 Å². The summed E-state index contributed by atoms with van der Waals surface area (Å²) < 4.78 is 40.5. The van der Waals surface area contributed by atoms with Crippen molar-refractivity contribution in [1.29, 1.82) is 5.26 Å². The van der Waals surface area contributed by atoms with Gasteiger partial charge in [0.05, 0.1) is 10.8 Å². The minimum atomic E-state index is -2.93. The molecule has 0 saturated carbocycles. The quantitative estimate of drug-likeness (QED) is 0.0550. The average molecular weight is 722 g/mol. The highest BCUT2D eigenvalue weighted by Crippen LogP contribution is 2.32. The van der Waals surface area contributed by atoms with Crippen LogP contribution < -0.4 is 14.8 Å². The van der Waals surface area contributed by atoms with Crippen LogP contribution in [-0.2, 0) is 16.1 Å². The average Bonchev–Trinajstić information content (AvgIpc) is 3.10. The van der Waals surface area contributed by atoms with Crippen LogP contribution in [-0.4, -0.2) is 41.0 Å². The molecule has 268 valence electrons. The predicted octanol–water partition coefficient (Wildman–Crippen LogP) is 8.48. The molecule has 0 fully saturated rings. The van der Waals surface area contributed by atoms with Crippen LogP contribution in [0, 0.1) is 27.4 Å². The molecule has 4 aromatic rings. The highest BCUT2D eigenvalue weighted by Gasteiger charge is 2.29. The number of rotatable bonds is 15. The molecule has 1 N–H and O–H groups in total. The Kier molecular flexibility index (Phi) is 15.6. The molecule has 2 atom stereocenters. The Balaban J connectivity index is 0.000000330. The molecule has 0 spiro atoms. The van der Waals surface area contributed by atoms with Crippen LogP contribution in [0.2, 0.25) is 5.15 Å². The number of nitriles is 1. The molecule has 1 aromatic heterocycles. The molecule has 0 aliphatic carbocycles. The van der Waals surface area contributed by atoms with Gasteiger partial charge in [0.2, 0.25) is 6.10 Å². The molecule has 0 aliphatic rings. The van der Waals surface area contributed by atoms with Crippen LogP contribution in [0.4, 0.5) is 8.78 Å². The lowest BCUT2D eigenvalue weighted by Crippen LogP contribution is -2.30. The number of nitrogens with zero attached hydrogens (tertiary/aromatic N) is 4. The number of hydrogen-bond acceptors (Lipinski definition) is 10. The summed E-state index contributed by atoms with van der Waals surface area (Å²) in [7, 11) is 1.65. The molecule has 0 radical (unpaired) electrons. The number of benzene rings is 3. The number of nitrogens with one attached hydrogen (secondary N) is 1. The highest BCUT2D eigenvalue weighted by atomic mass is 35.5. The standard InChI is InChI=1S/C26H23F2NO4.C11H15ClN4O2/c1-17(2)24(18-11-13-21(14-12-18)32-26(27)28)25(30)33-23(16-29)19-7-6-10-22(15-19)31-20-8-4-3-5-9-20;1-3-15(11(13-2)8-16(17)18)7-9-4-5-10(12)14-6-9/h3-15,17,23-24,26H,1-2H3;4-6,8,13H,3,7H2,1-2H3/b;11-8+/t23?,24-;/m0./s1. The zero-order valence-corrected chi connectivity index (χ0v) is 29.2. The van der Waals surface area contributed by atoms with Crippen LogP contribution in [0.25, 0.3) is 0 Å². The number of ether oxygens (including phenoxy) is 3. The normalized spacial score (nSPS) is 12.1. The van der Waals surface area contributed by atoms with E-state index in [-0.39, 0.29) is 11.7 Å². The second-order valence-electron chi connectivity index (χ2n) is 11.2. The van der Waals surface area contributed by atoms with E-state index in [9.17, 15) is 29.0 Å². The summed E-state index contributed by atoms with van der Waals surface area (Å²) in [4.78, 5) is 28.9. The van der Waals surface area contributed by atoms with E-state index in [1.807, 2.05) is 56.0 Å². The van der Waals surface area contributed by atoms with E-state index in [1.165, 1.54) is 12.1 Å². The first-order chi connectivity index (χ1) is 24.4. The lowest BCUT2D eigenvalue weighted by Gasteiger charge is -2.23. The summed E-state index contributed by atoms with van der Waals surface area (Å²) in [6.07, 6.45) is 1.47. The van der Waals surface area contributed by atoms with E-state index in [2.05, 4.69) is 15.0 Å². The lowest BCUT2D eigenvalue weighted by atomic mass is 9.88. The van der Waals surface area contributed by atoms with E-state index in [4.69, 9.17) is 21.1 Å². The van der Waals surface area contributed by atoms with Crippen molar-refractivity contribution in [3.8, 4) is 23.3 Å². The van der Waals surface area contributed by atoms with Gasteiger partial charge < -0.3 is 24.4 Å². The summed E-state index contributed by atoms with van der Waals surface area (Å²) in [6.45, 7) is 3.84. The third kappa shape index (κ3) is 12.9. The number of carbonyl (C=O) groups is 1. The third-order valence-electron chi connectivity index (χ3n) is 7.24. The van der Waals surface area contributed by atoms with Gasteiger partial charge in [0.15, 0.2) is 5.82 Å². The smallest absolute Gasteiger partial charge is 0.387 e. The maximum atomic E-state index is 13.0. The minimum absolute atomic E-state index is 0.00486. The van der Waals surface area contributed by atoms with Gasteiger partial charge in [-0.2, -0.15) is 14.0 Å². The molecule has 3 aromatic carbocycles. The summed E-state index contributed by atoms with van der Waals surface area (Å²) in [6, 6.07) is 27.3. The van der Waals surface area contributed by atoms with Gasteiger partial charge in [0, 0.05) is 31.9 Å². The van der Waals surface area contributed by atoms with Crippen molar-refractivity contribution >= 4 is 17.6 Å². The van der Waals surface area contributed by atoms with Gasteiger partial charge >= 0.3 is 12.6 Å². The number of para-hydroxylation sites is 1. The van der Waals surface area contributed by atoms with E-state index in [1.54, 1.807) is 67.8 Å². The number of hydrogen-bond donors (Lipinski definition) is 1. The fourth-order valence-corrected chi connectivity index (χ4v) is 4.98. The van der Waals surface area contributed by atoms with Crippen molar-refractivity contribution in [2.24, 2.45) is 5.92 Å². The van der Waals surface area contributed by atoms with Crippen molar-refractivity contribution in [2.75, 3.05) is 13.6 Å². The largest absolute Gasteiger partial charge is 0.457 e. The molecule has 11 nitrogen and oxygen atoms in total. The zero-order valence-electron chi connectivity index (χ0n) is 28.4. The fourth-order valence-electron chi connectivity index (χ4n) is 4.87. The second kappa shape index (κ2) is 20.1. The van der Waals surface area contributed by atoms with Crippen LogP contribution in [0.1, 0.15) is 49.5 Å². The fraction of sp³-hybridized carbons (Fsp3) is 0.270. The Labute approximate surface area is 300 Å². The Morgan fingerprint density at radius 1 is 1.02 bits per heavy atom. The Hall–Kier alpha value is -5.74. The van der Waals surface area contributed by atoms with Crippen molar-refractivity contribution in [3.63, 3.8) is 0 Å². The predicted molar refractivity (Wildman–Crippen MR) is 188 cm³/mol. The zero-order chi connectivity index (χ0) is 37.3. The van der Waals surface area contributed by atoms with E-state index < -0.39 is 29.5 Å². The SMILES string of the molecule is CC(C)[C@H](C(=O)OC(C#N)c1cccc(Oc2ccccc2)c1)c1ccc(OC(F)F)cc1.CCN(Cc1ccc(Cl)nc1)/C(=C/[N+](=O)[O-])NC. The van der Waals surface area contributed by atoms with Gasteiger partial charge in [0.25, 0.3) is 6.20 Å². The number of halogens is 3. The molecule has 1 unspecified atom stereocenters. The maximum absolute atomic E-state index is 13.0. The number of esters is 1. The Bertz CT molecular complexity index is 1770. The van der Waals surface area contributed by atoms with Crippen LogP contribution in [0.5, 0.6) is 17.2 Å². The maximum Gasteiger partial charge on any atom is 0.387 e. The van der Waals surface area contributed by atoms with E-state index in [0.29, 0.717) is 46.7 Å². The number of nitro groups is 1. The first-order valence-electron chi connectivity index (χ1n) is 15.8.